The predicted octanol–water partition coefficient (Wildman–Crippen LogP) is 1.53. The van der Waals surface area contributed by atoms with Crippen LogP contribution in [-0.2, 0) is 17.9 Å². The molecule has 0 saturated carbocycles. The minimum atomic E-state index is 0.605. The minimum absolute atomic E-state index is 0.605. The van der Waals surface area contributed by atoms with E-state index in [1.807, 2.05) is 12.4 Å². The van der Waals surface area contributed by atoms with Gasteiger partial charge in [0.25, 0.3) is 5.82 Å². The number of aromatic amines is 1. The van der Waals surface area contributed by atoms with E-state index in [2.05, 4.69) is 22.5 Å². The van der Waals surface area contributed by atoms with Gasteiger partial charge in [0.15, 0.2) is 0 Å². The molecule has 15 heavy (non-hydrogen) atoms. The number of aromatic nitrogens is 2. The molecule has 0 aliphatic rings. The fourth-order valence-corrected chi connectivity index (χ4v) is 1.37. The first-order valence-electron chi connectivity index (χ1n) is 5.39. The molecule has 0 aliphatic carbocycles. The zero-order chi connectivity index (χ0) is 10.9. The van der Waals surface area contributed by atoms with Crippen molar-refractivity contribution in [1.29, 1.82) is 5.26 Å². The second-order valence-electron chi connectivity index (χ2n) is 3.41. The summed E-state index contributed by atoms with van der Waals surface area (Å²) in [7, 11) is 0. The summed E-state index contributed by atoms with van der Waals surface area (Å²) in [5.41, 5.74) is 0. The Hall–Kier alpha value is -1.34. The highest BCUT2D eigenvalue weighted by Gasteiger charge is 2.09. The van der Waals surface area contributed by atoms with Gasteiger partial charge in [0.2, 0.25) is 0 Å². The highest BCUT2D eigenvalue weighted by atomic mass is 16.5. The number of aryl methyl sites for hydroxylation is 1. The van der Waals surface area contributed by atoms with E-state index in [1.54, 1.807) is 0 Å². The van der Waals surface area contributed by atoms with E-state index in [9.17, 15) is 0 Å². The van der Waals surface area contributed by atoms with Crippen molar-refractivity contribution in [3.8, 4) is 6.07 Å². The normalized spacial score (nSPS) is 10.1. The van der Waals surface area contributed by atoms with Crippen molar-refractivity contribution in [2.45, 2.75) is 39.3 Å². The molecule has 4 nitrogen and oxygen atoms in total. The molecule has 0 spiro atoms. The predicted molar refractivity (Wildman–Crippen MR) is 55.8 cm³/mol. The van der Waals surface area contributed by atoms with Crippen molar-refractivity contribution < 1.29 is 9.30 Å². The van der Waals surface area contributed by atoms with Crippen molar-refractivity contribution in [2.75, 3.05) is 6.61 Å². The molecule has 1 aromatic rings. The van der Waals surface area contributed by atoms with Gasteiger partial charge in [-0.05, 0) is 12.8 Å². The number of nitrogens with zero attached hydrogens (tertiary/aromatic N) is 2. The molecule has 0 amide bonds. The number of unbranched alkanes of at least 4 members (excludes halogenated alkanes) is 1. The average Bonchev–Trinajstić information content (AvgIpc) is 2.67. The Morgan fingerprint density at radius 1 is 1.60 bits per heavy atom. The Kier molecular flexibility index (Phi) is 5.49. The first-order chi connectivity index (χ1) is 7.38. The maximum atomic E-state index is 8.45. The van der Waals surface area contributed by atoms with Crippen LogP contribution in [0.5, 0.6) is 0 Å². The molecule has 1 rings (SSSR count). The van der Waals surface area contributed by atoms with Crippen LogP contribution in [0.3, 0.4) is 0 Å². The second kappa shape index (κ2) is 7.02. The van der Waals surface area contributed by atoms with E-state index in [0.717, 1.165) is 31.8 Å². The smallest absolute Gasteiger partial charge is 0.280 e. The molecule has 1 heterocycles. The summed E-state index contributed by atoms with van der Waals surface area (Å²) >= 11 is 0. The first-order valence-corrected chi connectivity index (χ1v) is 5.39. The zero-order valence-electron chi connectivity index (χ0n) is 9.20. The monoisotopic (exact) mass is 208 g/mol. The summed E-state index contributed by atoms with van der Waals surface area (Å²) in [4.78, 5) is 3.15. The lowest BCUT2D eigenvalue weighted by atomic mass is 10.3. The van der Waals surface area contributed by atoms with Gasteiger partial charge in [-0.3, -0.25) is 0 Å². The third kappa shape index (κ3) is 4.13. The second-order valence-corrected chi connectivity index (χ2v) is 3.41. The van der Waals surface area contributed by atoms with E-state index < -0.39 is 0 Å². The molecule has 0 atom stereocenters. The number of hydrogen-bond donors (Lipinski definition) is 1. The summed E-state index contributed by atoms with van der Waals surface area (Å²) in [6, 6.07) is 2.15. The zero-order valence-corrected chi connectivity index (χ0v) is 9.20. The van der Waals surface area contributed by atoms with Gasteiger partial charge in [0.1, 0.15) is 19.0 Å². The number of H-pyrrole nitrogens is 1. The van der Waals surface area contributed by atoms with Gasteiger partial charge in [0.05, 0.1) is 12.6 Å². The van der Waals surface area contributed by atoms with Crippen LogP contribution in [0.4, 0.5) is 0 Å². The van der Waals surface area contributed by atoms with Gasteiger partial charge in [-0.1, -0.05) is 6.92 Å². The summed E-state index contributed by atoms with van der Waals surface area (Å²) in [5, 5.41) is 8.45. The van der Waals surface area contributed by atoms with Crippen LogP contribution in [0.2, 0.25) is 0 Å². The van der Waals surface area contributed by atoms with Crippen molar-refractivity contribution in [1.82, 2.24) is 4.98 Å². The highest BCUT2D eigenvalue weighted by Crippen LogP contribution is 1.94. The molecular weight excluding hydrogens is 190 g/mol. The maximum absolute atomic E-state index is 8.45. The molecule has 1 N–H and O–H groups in total. The average molecular weight is 208 g/mol. The standard InChI is InChI=1S/C11H17N3O/c1-2-9-15-10-11-13-6-8-14(11)7-4-3-5-12/h6,8H,2-4,7,9-10H2,1H3/p+1. The number of nitrogens with one attached hydrogen (secondary N) is 1. The first kappa shape index (κ1) is 11.7. The van der Waals surface area contributed by atoms with Crippen molar-refractivity contribution in [2.24, 2.45) is 0 Å². The van der Waals surface area contributed by atoms with E-state index >= 15 is 0 Å². The molecule has 0 bridgehead atoms. The topological polar surface area (TPSA) is 52.7 Å². The van der Waals surface area contributed by atoms with Gasteiger partial charge in [-0.25, -0.2) is 9.55 Å². The Labute approximate surface area is 90.5 Å². The Morgan fingerprint density at radius 2 is 2.47 bits per heavy atom. The highest BCUT2D eigenvalue weighted by molar-refractivity contribution is 4.74. The molecule has 4 heteroatoms. The van der Waals surface area contributed by atoms with E-state index in [4.69, 9.17) is 10.00 Å². The SMILES string of the molecule is CCCOCc1[nH]cc[n+]1CCCC#N. The number of rotatable bonds is 7. The molecule has 0 aliphatic heterocycles. The molecule has 0 radical (unpaired) electrons. The molecule has 1 aromatic heterocycles. The van der Waals surface area contributed by atoms with Crippen LogP contribution in [0.15, 0.2) is 12.4 Å². The van der Waals surface area contributed by atoms with E-state index in [0.29, 0.717) is 13.0 Å². The van der Waals surface area contributed by atoms with E-state index in [-0.39, 0.29) is 0 Å². The molecule has 82 valence electrons. The van der Waals surface area contributed by atoms with Gasteiger partial charge < -0.3 is 4.74 Å². The van der Waals surface area contributed by atoms with Gasteiger partial charge in [-0.2, -0.15) is 5.26 Å². The third-order valence-electron chi connectivity index (χ3n) is 2.13. The number of ether oxygens (including phenoxy) is 1. The van der Waals surface area contributed by atoms with E-state index in [1.165, 1.54) is 0 Å². The fraction of sp³-hybridized carbons (Fsp3) is 0.636. The summed E-state index contributed by atoms with van der Waals surface area (Å²) < 4.78 is 7.56. The minimum Gasteiger partial charge on any atom is -0.369 e. The number of imidazole rings is 1. The van der Waals surface area contributed by atoms with Crippen LogP contribution in [-0.4, -0.2) is 11.6 Å². The lowest BCUT2D eigenvalue weighted by Crippen LogP contribution is -2.36. The van der Waals surface area contributed by atoms with Gasteiger partial charge in [0, 0.05) is 13.0 Å². The number of nitriles is 1. The molecule has 0 aromatic carbocycles. The third-order valence-corrected chi connectivity index (χ3v) is 2.13. The van der Waals surface area contributed by atoms with Crippen LogP contribution in [0.1, 0.15) is 32.0 Å². The Balaban J connectivity index is 2.36. The Bertz CT molecular complexity index is 314. The van der Waals surface area contributed by atoms with Gasteiger partial charge in [-0.15, -0.1) is 0 Å². The largest absolute Gasteiger partial charge is 0.369 e. The maximum Gasteiger partial charge on any atom is 0.280 e. The lowest BCUT2D eigenvalue weighted by molar-refractivity contribution is -0.705. The van der Waals surface area contributed by atoms with Crippen LogP contribution in [0, 0.1) is 11.3 Å². The number of hydrogen-bond acceptors (Lipinski definition) is 2. The van der Waals surface area contributed by atoms with Crippen molar-refractivity contribution in [3.63, 3.8) is 0 Å². The van der Waals surface area contributed by atoms with Gasteiger partial charge >= 0.3 is 0 Å². The summed E-state index contributed by atoms with van der Waals surface area (Å²) in [6.07, 6.45) is 6.42. The van der Waals surface area contributed by atoms with Crippen molar-refractivity contribution in [3.05, 3.63) is 18.2 Å². The Morgan fingerprint density at radius 3 is 3.20 bits per heavy atom. The quantitative estimate of drug-likeness (QED) is 0.545. The van der Waals surface area contributed by atoms with Crippen LogP contribution < -0.4 is 4.57 Å². The molecular formula is C11H18N3O+. The van der Waals surface area contributed by atoms with Crippen LogP contribution in [0.25, 0.3) is 0 Å². The van der Waals surface area contributed by atoms with Crippen molar-refractivity contribution >= 4 is 0 Å². The molecule has 0 unspecified atom stereocenters. The summed E-state index contributed by atoms with van der Waals surface area (Å²) in [5.74, 6) is 1.07. The molecule has 0 fully saturated rings. The lowest BCUT2D eigenvalue weighted by Gasteiger charge is -2.00. The fourth-order valence-electron chi connectivity index (χ4n) is 1.37. The van der Waals surface area contributed by atoms with Crippen LogP contribution >= 0.6 is 0 Å². The summed E-state index contributed by atoms with van der Waals surface area (Å²) in [6.45, 7) is 4.38. The molecule has 0 saturated heterocycles.